The second-order valence-corrected chi connectivity index (χ2v) is 6.74. The lowest BCUT2D eigenvalue weighted by Gasteiger charge is -2.09. The molecular formula is C22H15Cl2NO. The smallest absolute Gasteiger partial charge is 0.120 e. The normalized spacial score (nSPS) is 10.8. The van der Waals surface area contributed by atoms with Gasteiger partial charge in [0.25, 0.3) is 0 Å². The molecule has 4 aromatic rings. The minimum absolute atomic E-state index is 0.535. The first kappa shape index (κ1) is 16.9. The summed E-state index contributed by atoms with van der Waals surface area (Å²) in [5, 5.41) is 2.18. The van der Waals surface area contributed by atoms with E-state index < -0.39 is 0 Å². The average Bonchev–Trinajstić information content (AvgIpc) is 2.67. The number of rotatable bonds is 4. The molecule has 0 radical (unpaired) electrons. The topological polar surface area (TPSA) is 22.1 Å². The minimum Gasteiger partial charge on any atom is -0.489 e. The van der Waals surface area contributed by atoms with Gasteiger partial charge in [-0.25, -0.2) is 4.98 Å². The van der Waals surface area contributed by atoms with Gasteiger partial charge in [-0.2, -0.15) is 0 Å². The van der Waals surface area contributed by atoms with Crippen LogP contribution in [0.25, 0.3) is 22.2 Å². The van der Waals surface area contributed by atoms with Crippen molar-refractivity contribution in [2.75, 3.05) is 0 Å². The third kappa shape index (κ3) is 3.52. The summed E-state index contributed by atoms with van der Waals surface area (Å²) in [5.41, 5.74) is 3.51. The van der Waals surface area contributed by atoms with E-state index >= 15 is 0 Å². The van der Waals surface area contributed by atoms with E-state index in [1.807, 2.05) is 78.9 Å². The van der Waals surface area contributed by atoms with Crippen molar-refractivity contribution in [3.05, 3.63) is 94.5 Å². The summed E-state index contributed by atoms with van der Waals surface area (Å²) in [7, 11) is 0. The van der Waals surface area contributed by atoms with E-state index in [1.165, 1.54) is 0 Å². The zero-order chi connectivity index (χ0) is 17.9. The molecule has 0 atom stereocenters. The van der Waals surface area contributed by atoms with Crippen molar-refractivity contribution in [1.29, 1.82) is 0 Å². The van der Waals surface area contributed by atoms with Crippen LogP contribution in [0.5, 0.6) is 5.75 Å². The summed E-state index contributed by atoms with van der Waals surface area (Å²) in [6, 6.07) is 25.3. The van der Waals surface area contributed by atoms with Crippen molar-refractivity contribution >= 4 is 34.1 Å². The van der Waals surface area contributed by atoms with Crippen LogP contribution in [0.4, 0.5) is 0 Å². The van der Waals surface area contributed by atoms with E-state index in [2.05, 4.69) is 0 Å². The molecule has 0 spiro atoms. The Morgan fingerprint density at radius 2 is 1.54 bits per heavy atom. The lowest BCUT2D eigenvalue weighted by atomic mass is 10.1. The predicted molar refractivity (Wildman–Crippen MR) is 108 cm³/mol. The van der Waals surface area contributed by atoms with E-state index in [0.717, 1.165) is 33.5 Å². The van der Waals surface area contributed by atoms with Gasteiger partial charge in [-0.3, -0.25) is 0 Å². The molecule has 0 amide bonds. The molecule has 1 aromatic heterocycles. The summed E-state index contributed by atoms with van der Waals surface area (Å²) in [6.07, 6.45) is 0. The molecule has 0 saturated heterocycles. The van der Waals surface area contributed by atoms with Crippen LogP contribution >= 0.6 is 23.2 Å². The fraction of sp³-hybridized carbons (Fsp3) is 0.0455. The molecular weight excluding hydrogens is 365 g/mol. The molecule has 3 aromatic carbocycles. The Labute approximate surface area is 162 Å². The number of halogens is 2. The van der Waals surface area contributed by atoms with Crippen LogP contribution in [0, 0.1) is 0 Å². The second kappa shape index (κ2) is 7.36. The van der Waals surface area contributed by atoms with Crippen molar-refractivity contribution < 1.29 is 4.74 Å². The second-order valence-electron chi connectivity index (χ2n) is 5.92. The first-order valence-electron chi connectivity index (χ1n) is 8.22. The van der Waals surface area contributed by atoms with Gasteiger partial charge in [0, 0.05) is 10.9 Å². The van der Waals surface area contributed by atoms with Gasteiger partial charge in [0.15, 0.2) is 0 Å². The molecule has 128 valence electrons. The maximum absolute atomic E-state index is 6.30. The van der Waals surface area contributed by atoms with Gasteiger partial charge in [-0.1, -0.05) is 65.7 Å². The van der Waals surface area contributed by atoms with Crippen LogP contribution in [-0.4, -0.2) is 4.98 Å². The highest BCUT2D eigenvalue weighted by Crippen LogP contribution is 2.34. The quantitative estimate of drug-likeness (QED) is 0.389. The number of benzene rings is 3. The number of pyridine rings is 1. The van der Waals surface area contributed by atoms with Crippen molar-refractivity contribution in [3.63, 3.8) is 0 Å². The third-order valence-corrected chi connectivity index (χ3v) is 4.76. The first-order valence-corrected chi connectivity index (χ1v) is 8.98. The Morgan fingerprint density at radius 1 is 0.769 bits per heavy atom. The summed E-state index contributed by atoms with van der Waals surface area (Å²) in [6.45, 7) is 0.535. The van der Waals surface area contributed by atoms with E-state index in [1.54, 1.807) is 0 Å². The molecule has 0 fully saturated rings. The number of fused-ring (bicyclic) bond motifs is 1. The SMILES string of the molecule is Clc1cccc(Cl)c1-c1ccc2cc(OCc3ccccc3)ccc2n1. The van der Waals surface area contributed by atoms with Crippen molar-refractivity contribution in [1.82, 2.24) is 4.98 Å². The Hall–Kier alpha value is -2.55. The maximum atomic E-state index is 6.30. The Bertz CT molecular complexity index is 1040. The number of ether oxygens (including phenoxy) is 1. The summed E-state index contributed by atoms with van der Waals surface area (Å²) >= 11 is 12.6. The predicted octanol–water partition coefficient (Wildman–Crippen LogP) is 6.79. The molecule has 0 aliphatic rings. The highest BCUT2D eigenvalue weighted by Gasteiger charge is 2.10. The Morgan fingerprint density at radius 3 is 2.31 bits per heavy atom. The van der Waals surface area contributed by atoms with Crippen molar-refractivity contribution in [3.8, 4) is 17.0 Å². The van der Waals surface area contributed by atoms with Crippen molar-refractivity contribution in [2.45, 2.75) is 6.61 Å². The molecule has 0 bridgehead atoms. The Kier molecular flexibility index (Phi) is 4.79. The highest BCUT2D eigenvalue weighted by atomic mass is 35.5. The fourth-order valence-corrected chi connectivity index (χ4v) is 3.41. The first-order chi connectivity index (χ1) is 12.7. The molecule has 26 heavy (non-hydrogen) atoms. The molecule has 0 aliphatic heterocycles. The van der Waals surface area contributed by atoms with Gasteiger partial charge in [0.1, 0.15) is 12.4 Å². The van der Waals surface area contributed by atoms with Gasteiger partial charge in [-0.15, -0.1) is 0 Å². The van der Waals surface area contributed by atoms with Gasteiger partial charge >= 0.3 is 0 Å². The molecule has 1 heterocycles. The fourth-order valence-electron chi connectivity index (χ4n) is 2.82. The molecule has 4 rings (SSSR count). The molecule has 0 aliphatic carbocycles. The number of hydrogen-bond donors (Lipinski definition) is 0. The van der Waals surface area contributed by atoms with Crippen molar-refractivity contribution in [2.24, 2.45) is 0 Å². The van der Waals surface area contributed by atoms with Gasteiger partial charge < -0.3 is 4.74 Å². The molecule has 0 N–H and O–H groups in total. The van der Waals surface area contributed by atoms with Crippen LogP contribution in [0.3, 0.4) is 0 Å². The molecule has 0 saturated carbocycles. The zero-order valence-corrected chi connectivity index (χ0v) is 15.3. The molecule has 0 unspecified atom stereocenters. The largest absolute Gasteiger partial charge is 0.489 e. The summed E-state index contributed by atoms with van der Waals surface area (Å²) < 4.78 is 5.88. The summed E-state index contributed by atoms with van der Waals surface area (Å²) in [4.78, 5) is 4.70. The number of hydrogen-bond acceptors (Lipinski definition) is 2. The summed E-state index contributed by atoms with van der Waals surface area (Å²) in [5.74, 6) is 0.812. The zero-order valence-electron chi connectivity index (χ0n) is 13.8. The maximum Gasteiger partial charge on any atom is 0.120 e. The molecule has 4 heteroatoms. The third-order valence-electron chi connectivity index (χ3n) is 4.13. The number of nitrogens with zero attached hydrogens (tertiary/aromatic N) is 1. The highest BCUT2D eigenvalue weighted by molar-refractivity contribution is 6.39. The van der Waals surface area contributed by atoms with Gasteiger partial charge in [0.2, 0.25) is 0 Å². The average molecular weight is 380 g/mol. The van der Waals surface area contributed by atoms with Gasteiger partial charge in [-0.05, 0) is 42.0 Å². The van der Waals surface area contributed by atoms with Crippen LogP contribution < -0.4 is 4.74 Å². The lowest BCUT2D eigenvalue weighted by Crippen LogP contribution is -1.95. The number of aromatic nitrogens is 1. The standard InChI is InChI=1S/C22H15Cl2NO/c23-18-7-4-8-19(24)22(18)21-11-9-16-13-17(10-12-20(16)25-21)26-14-15-5-2-1-3-6-15/h1-13H,14H2. The Balaban J connectivity index is 1.62. The minimum atomic E-state index is 0.535. The van der Waals surface area contributed by atoms with E-state index in [4.69, 9.17) is 32.9 Å². The van der Waals surface area contributed by atoms with E-state index in [0.29, 0.717) is 16.7 Å². The van der Waals surface area contributed by atoms with Crippen LogP contribution in [0.15, 0.2) is 78.9 Å². The van der Waals surface area contributed by atoms with Crippen LogP contribution in [-0.2, 0) is 6.61 Å². The molecule has 2 nitrogen and oxygen atoms in total. The monoisotopic (exact) mass is 379 g/mol. The van der Waals surface area contributed by atoms with Crippen LogP contribution in [0.1, 0.15) is 5.56 Å². The van der Waals surface area contributed by atoms with Gasteiger partial charge in [0.05, 0.1) is 21.3 Å². The van der Waals surface area contributed by atoms with E-state index in [-0.39, 0.29) is 0 Å². The van der Waals surface area contributed by atoms with Crippen LogP contribution in [0.2, 0.25) is 10.0 Å². The van der Waals surface area contributed by atoms with E-state index in [9.17, 15) is 0 Å². The lowest BCUT2D eigenvalue weighted by molar-refractivity contribution is 0.306.